The van der Waals surface area contributed by atoms with Gasteiger partial charge in [-0.25, -0.2) is 0 Å². The van der Waals surface area contributed by atoms with E-state index >= 15 is 0 Å². The summed E-state index contributed by atoms with van der Waals surface area (Å²) >= 11 is 1.44. The Hall–Kier alpha value is -1.49. The highest BCUT2D eigenvalue weighted by Gasteiger charge is 2.14. The van der Waals surface area contributed by atoms with Crippen molar-refractivity contribution in [2.45, 2.75) is 27.2 Å². The molecule has 0 aliphatic heterocycles. The van der Waals surface area contributed by atoms with Gasteiger partial charge in [-0.2, -0.15) is 11.8 Å². The van der Waals surface area contributed by atoms with Gasteiger partial charge in [0, 0.05) is 11.4 Å². The summed E-state index contributed by atoms with van der Waals surface area (Å²) in [7, 11) is 1.38. The fourth-order valence-electron chi connectivity index (χ4n) is 1.98. The van der Waals surface area contributed by atoms with Crippen molar-refractivity contribution < 1.29 is 14.3 Å². The number of para-hydroxylation sites is 1. The molecule has 0 aliphatic rings. The summed E-state index contributed by atoms with van der Waals surface area (Å²) in [6.45, 7) is 5.85. The Kier molecular flexibility index (Phi) is 7.29. The fraction of sp³-hybridized carbons (Fsp3) is 0.500. The smallest absolute Gasteiger partial charge is 0.309 e. The molecule has 1 unspecified atom stereocenters. The number of carbonyl (C=O) groups is 2. The number of carbonyl (C=O) groups excluding carboxylic acids is 2. The maximum Gasteiger partial charge on any atom is 0.309 e. The lowest BCUT2D eigenvalue weighted by atomic mass is 10.1. The van der Waals surface area contributed by atoms with Gasteiger partial charge < -0.3 is 10.1 Å². The van der Waals surface area contributed by atoms with Crippen LogP contribution >= 0.6 is 11.8 Å². The SMILES string of the molecule is CCc1cccc(C)c1NC(=O)CSCC(C)C(=O)OC. The Balaban J connectivity index is 2.50. The van der Waals surface area contributed by atoms with Crippen LogP contribution in [0.25, 0.3) is 0 Å². The molecule has 0 saturated heterocycles. The van der Waals surface area contributed by atoms with Crippen LogP contribution in [0, 0.1) is 12.8 Å². The maximum absolute atomic E-state index is 12.0. The molecular weight excluding hydrogens is 286 g/mol. The predicted octanol–water partition coefficient (Wildman–Crippen LogP) is 3.04. The lowest BCUT2D eigenvalue weighted by molar-refractivity contribution is -0.144. The number of methoxy groups -OCH3 is 1. The van der Waals surface area contributed by atoms with Crippen molar-refractivity contribution in [2.24, 2.45) is 5.92 Å². The van der Waals surface area contributed by atoms with E-state index in [-0.39, 0.29) is 17.8 Å². The predicted molar refractivity (Wildman–Crippen MR) is 87.7 cm³/mol. The number of amides is 1. The highest BCUT2D eigenvalue weighted by atomic mass is 32.2. The van der Waals surface area contributed by atoms with Crippen molar-refractivity contribution in [1.82, 2.24) is 0 Å². The molecule has 0 heterocycles. The Morgan fingerprint density at radius 1 is 1.38 bits per heavy atom. The van der Waals surface area contributed by atoms with Crippen LogP contribution < -0.4 is 5.32 Å². The van der Waals surface area contributed by atoms with Crippen molar-refractivity contribution in [2.75, 3.05) is 23.9 Å². The highest BCUT2D eigenvalue weighted by Crippen LogP contribution is 2.21. The summed E-state index contributed by atoms with van der Waals surface area (Å²) < 4.78 is 4.66. The molecule has 1 amide bonds. The second kappa shape index (κ2) is 8.72. The summed E-state index contributed by atoms with van der Waals surface area (Å²) in [5, 5.41) is 2.97. The maximum atomic E-state index is 12.0. The summed E-state index contributed by atoms with van der Waals surface area (Å²) in [6.07, 6.45) is 0.879. The number of hydrogen-bond donors (Lipinski definition) is 1. The van der Waals surface area contributed by atoms with Gasteiger partial charge >= 0.3 is 5.97 Å². The van der Waals surface area contributed by atoms with E-state index in [9.17, 15) is 9.59 Å². The highest BCUT2D eigenvalue weighted by molar-refractivity contribution is 8.00. The minimum atomic E-state index is -0.241. The number of aryl methyl sites for hydroxylation is 2. The topological polar surface area (TPSA) is 55.4 Å². The molecule has 116 valence electrons. The number of thioether (sulfide) groups is 1. The van der Waals surface area contributed by atoms with Crippen LogP contribution in [0.3, 0.4) is 0 Å². The number of rotatable bonds is 7. The van der Waals surface area contributed by atoms with Gasteiger partial charge in [0.15, 0.2) is 0 Å². The summed E-state index contributed by atoms with van der Waals surface area (Å²) in [5.41, 5.74) is 3.11. The average molecular weight is 309 g/mol. The van der Waals surface area contributed by atoms with E-state index in [0.717, 1.165) is 23.2 Å². The van der Waals surface area contributed by atoms with Crippen molar-refractivity contribution in [1.29, 1.82) is 0 Å². The van der Waals surface area contributed by atoms with Gasteiger partial charge in [-0.3, -0.25) is 9.59 Å². The number of hydrogen-bond acceptors (Lipinski definition) is 4. The molecule has 21 heavy (non-hydrogen) atoms. The molecule has 1 aromatic carbocycles. The molecule has 0 spiro atoms. The van der Waals surface area contributed by atoms with Crippen molar-refractivity contribution >= 4 is 29.3 Å². The third kappa shape index (κ3) is 5.42. The molecular formula is C16H23NO3S. The number of esters is 1. The summed E-state index contributed by atoms with van der Waals surface area (Å²) in [6, 6.07) is 6.01. The van der Waals surface area contributed by atoms with E-state index in [1.165, 1.54) is 18.9 Å². The molecule has 1 aromatic rings. The Morgan fingerprint density at radius 3 is 2.71 bits per heavy atom. The first-order valence-electron chi connectivity index (χ1n) is 7.03. The number of anilines is 1. The zero-order valence-electron chi connectivity index (χ0n) is 13.1. The molecule has 4 nitrogen and oxygen atoms in total. The van der Waals surface area contributed by atoms with E-state index in [0.29, 0.717) is 11.5 Å². The standard InChI is InChI=1S/C16H23NO3S/c1-5-13-8-6-7-11(2)15(13)17-14(18)10-21-9-12(3)16(19)20-4/h6-8,12H,5,9-10H2,1-4H3,(H,17,18). The molecule has 0 aromatic heterocycles. The van der Waals surface area contributed by atoms with Crippen LogP contribution in [-0.4, -0.2) is 30.5 Å². The minimum Gasteiger partial charge on any atom is -0.469 e. The van der Waals surface area contributed by atoms with Gasteiger partial charge in [-0.05, 0) is 24.5 Å². The first-order valence-corrected chi connectivity index (χ1v) is 8.19. The normalized spacial score (nSPS) is 11.8. The van der Waals surface area contributed by atoms with Gasteiger partial charge in [0.05, 0.1) is 18.8 Å². The first-order chi connectivity index (χ1) is 9.99. The second-order valence-corrected chi connectivity index (χ2v) is 5.98. The van der Waals surface area contributed by atoms with E-state index in [2.05, 4.69) is 17.0 Å². The lowest BCUT2D eigenvalue weighted by Gasteiger charge is -2.13. The quantitative estimate of drug-likeness (QED) is 0.787. The van der Waals surface area contributed by atoms with Crippen LogP contribution in [0.15, 0.2) is 18.2 Å². The van der Waals surface area contributed by atoms with E-state index in [1.54, 1.807) is 6.92 Å². The van der Waals surface area contributed by atoms with Crippen LogP contribution in [0.1, 0.15) is 25.0 Å². The monoisotopic (exact) mass is 309 g/mol. The van der Waals surface area contributed by atoms with Crippen molar-refractivity contribution in [3.8, 4) is 0 Å². The average Bonchev–Trinajstić information content (AvgIpc) is 2.48. The fourth-order valence-corrected chi connectivity index (χ4v) is 2.84. The van der Waals surface area contributed by atoms with Crippen LogP contribution in [0.5, 0.6) is 0 Å². The summed E-state index contributed by atoms with van der Waals surface area (Å²) in [4.78, 5) is 23.3. The lowest BCUT2D eigenvalue weighted by Crippen LogP contribution is -2.19. The Bertz CT molecular complexity index is 502. The molecule has 0 bridgehead atoms. The largest absolute Gasteiger partial charge is 0.469 e. The van der Waals surface area contributed by atoms with Crippen LogP contribution in [0.2, 0.25) is 0 Å². The van der Waals surface area contributed by atoms with Gasteiger partial charge in [0.25, 0.3) is 0 Å². The van der Waals surface area contributed by atoms with E-state index < -0.39 is 0 Å². The van der Waals surface area contributed by atoms with Gasteiger partial charge in [0.2, 0.25) is 5.91 Å². The Morgan fingerprint density at radius 2 is 2.10 bits per heavy atom. The van der Waals surface area contributed by atoms with Crippen LogP contribution in [-0.2, 0) is 20.7 Å². The zero-order chi connectivity index (χ0) is 15.8. The van der Waals surface area contributed by atoms with Crippen LogP contribution in [0.4, 0.5) is 5.69 Å². The van der Waals surface area contributed by atoms with E-state index in [1.807, 2.05) is 25.1 Å². The zero-order valence-corrected chi connectivity index (χ0v) is 13.9. The van der Waals surface area contributed by atoms with Gasteiger partial charge in [0.1, 0.15) is 0 Å². The Labute approximate surface area is 130 Å². The van der Waals surface area contributed by atoms with Gasteiger partial charge in [-0.1, -0.05) is 32.0 Å². The molecule has 5 heteroatoms. The molecule has 1 rings (SSSR count). The molecule has 0 fully saturated rings. The van der Waals surface area contributed by atoms with Gasteiger partial charge in [-0.15, -0.1) is 0 Å². The third-order valence-corrected chi connectivity index (χ3v) is 4.41. The number of benzene rings is 1. The van der Waals surface area contributed by atoms with Crippen molar-refractivity contribution in [3.05, 3.63) is 29.3 Å². The first kappa shape index (κ1) is 17.6. The van der Waals surface area contributed by atoms with Crippen molar-refractivity contribution in [3.63, 3.8) is 0 Å². The molecule has 0 aliphatic carbocycles. The molecule has 1 atom stereocenters. The number of nitrogens with one attached hydrogen (secondary N) is 1. The third-order valence-electron chi connectivity index (χ3n) is 3.21. The second-order valence-electron chi connectivity index (χ2n) is 4.95. The molecule has 1 N–H and O–H groups in total. The minimum absolute atomic E-state index is 0.0407. The number of ether oxygens (including phenoxy) is 1. The molecule has 0 radical (unpaired) electrons. The van der Waals surface area contributed by atoms with E-state index in [4.69, 9.17) is 0 Å². The molecule has 0 saturated carbocycles. The summed E-state index contributed by atoms with van der Waals surface area (Å²) in [5.74, 6) is 0.432.